The summed E-state index contributed by atoms with van der Waals surface area (Å²) in [5.41, 5.74) is 0.947. The topological polar surface area (TPSA) is 92.3 Å². The van der Waals surface area contributed by atoms with Gasteiger partial charge in [-0.25, -0.2) is 0 Å². The van der Waals surface area contributed by atoms with Crippen LogP contribution in [0.25, 0.3) is 10.6 Å². The summed E-state index contributed by atoms with van der Waals surface area (Å²) >= 11 is 1.67. The maximum atomic E-state index is 4.17. The highest BCUT2D eigenvalue weighted by Crippen LogP contribution is 2.20. The van der Waals surface area contributed by atoms with Crippen molar-refractivity contribution in [1.29, 1.82) is 0 Å². The predicted octanol–water partition coefficient (Wildman–Crippen LogP) is 1.54. The second-order valence-corrected chi connectivity index (χ2v) is 3.02. The van der Waals surface area contributed by atoms with E-state index in [1.807, 2.05) is 17.5 Å². The number of thiophene rings is 1. The normalized spacial score (nSPS) is 8.31. The van der Waals surface area contributed by atoms with Gasteiger partial charge in [-0.05, 0) is 11.4 Å². The smallest absolute Gasteiger partial charge is 0.0984 e. The summed E-state index contributed by atoms with van der Waals surface area (Å²) in [5.74, 6) is 0. The van der Waals surface area contributed by atoms with Crippen LogP contribution in [-0.4, -0.2) is 15.4 Å². The minimum atomic E-state index is 0. The van der Waals surface area contributed by atoms with E-state index in [0.717, 1.165) is 10.6 Å². The minimum absolute atomic E-state index is 0. The van der Waals surface area contributed by atoms with Gasteiger partial charge in [0.2, 0.25) is 0 Å². The molecule has 4 nitrogen and oxygen atoms in total. The Hall–Kier alpha value is -1.30. The first kappa shape index (κ1) is 11.7. The minimum Gasteiger partial charge on any atom is -0.412 e. The number of aromatic nitrogens is 2. The van der Waals surface area contributed by atoms with Crippen LogP contribution in [0.1, 0.15) is 0 Å². The lowest BCUT2D eigenvalue weighted by Gasteiger charge is -1.91. The monoisotopic (exact) mass is 197 g/mol. The Morgan fingerprint density at radius 2 is 2.08 bits per heavy atom. The van der Waals surface area contributed by atoms with Crippen molar-refractivity contribution in [2.24, 2.45) is 0 Å². The molecule has 0 aliphatic heterocycles. The van der Waals surface area contributed by atoms with Gasteiger partial charge < -0.3 is 11.6 Å². The summed E-state index contributed by atoms with van der Waals surface area (Å²) in [6.07, 6.45) is 5.15. The van der Waals surface area contributed by atoms with Gasteiger partial charge in [0.1, 0.15) is 0 Å². The van der Waals surface area contributed by atoms with Gasteiger partial charge >= 0.3 is 0 Å². The molecule has 13 heavy (non-hydrogen) atoms. The molecule has 0 atom stereocenters. The van der Waals surface area contributed by atoms with Gasteiger partial charge in [-0.3, -0.25) is 9.97 Å². The molecule has 0 aliphatic carbocycles. The van der Waals surface area contributed by atoms with Crippen molar-refractivity contribution >= 4 is 11.3 Å². The molecule has 0 saturated heterocycles. The van der Waals surface area contributed by atoms with Gasteiger partial charge in [0.05, 0.1) is 16.8 Å². The van der Waals surface area contributed by atoms with Crippen molar-refractivity contribution in [2.75, 3.05) is 0 Å². The Labute approximate surface area is 80.2 Å². The predicted molar refractivity (Wildman–Crippen MR) is 54.0 cm³/mol. The van der Waals surface area contributed by atoms with Crippen molar-refractivity contribution in [2.45, 2.75) is 0 Å². The molecule has 0 unspecified atom stereocenters. The number of rotatable bonds is 1. The highest BCUT2D eigenvalue weighted by molar-refractivity contribution is 7.13. The van der Waals surface area contributed by atoms with Crippen LogP contribution in [0.3, 0.4) is 0 Å². The van der Waals surface area contributed by atoms with Crippen molar-refractivity contribution in [3.05, 3.63) is 36.1 Å². The number of nitrogens with zero attached hydrogens (tertiary/aromatic N) is 2. The summed E-state index contributed by atoms with van der Waals surface area (Å²) in [4.78, 5) is 9.32. The van der Waals surface area contributed by atoms with Crippen LogP contribution in [0, 0.1) is 0 Å². The van der Waals surface area contributed by atoms with Crippen LogP contribution in [0.4, 0.5) is 0 Å². The van der Waals surface area contributed by atoms with Crippen LogP contribution in [0.15, 0.2) is 36.1 Å². The fraction of sp³-hybridized carbons (Fsp3) is 0. The van der Waals surface area contributed by atoms with Gasteiger partial charge in [-0.2, -0.15) is 0 Å². The van der Waals surface area contributed by atoms with E-state index in [1.165, 1.54) is 0 Å². The Bertz CT molecular complexity index is 322. The molecule has 0 spiro atoms. The molecule has 0 radical (unpaired) electrons. The van der Waals surface area contributed by atoms with E-state index in [2.05, 4.69) is 9.97 Å². The molecule has 0 saturated carbocycles. The van der Waals surface area contributed by atoms with E-state index in [-0.39, 0.29) is 11.6 Å². The van der Waals surface area contributed by atoms with E-state index in [0.29, 0.717) is 0 Å². The first-order chi connectivity index (χ1) is 5.47. The molecule has 2 heterocycles. The third kappa shape index (κ3) is 2.59. The van der Waals surface area contributed by atoms with Gasteiger partial charge in [0, 0.05) is 12.4 Å². The van der Waals surface area contributed by atoms with Crippen LogP contribution in [0.2, 0.25) is 0 Å². The van der Waals surface area contributed by atoms with Crippen LogP contribution < -0.4 is 6.15 Å². The third-order valence-corrected chi connectivity index (χ3v) is 2.23. The van der Waals surface area contributed by atoms with Crippen molar-refractivity contribution in [3.63, 3.8) is 0 Å². The SMILES string of the molecule is N.O.c1csc(-c2cnccn2)c1. The van der Waals surface area contributed by atoms with E-state index >= 15 is 0 Å². The van der Waals surface area contributed by atoms with Gasteiger partial charge in [0.15, 0.2) is 0 Å². The Kier molecular flexibility index (Phi) is 4.83. The quantitative estimate of drug-likeness (QED) is 0.751. The lowest BCUT2D eigenvalue weighted by Crippen LogP contribution is -1.79. The number of hydrogen-bond acceptors (Lipinski definition) is 4. The first-order valence-electron chi connectivity index (χ1n) is 3.27. The van der Waals surface area contributed by atoms with Crippen molar-refractivity contribution in [1.82, 2.24) is 16.1 Å². The molecule has 5 N–H and O–H groups in total. The lowest BCUT2D eigenvalue weighted by molar-refractivity contribution is 0.824. The standard InChI is InChI=1S/C8H6N2S.H3N.H2O/c1-2-8(11-5-1)7-6-9-3-4-10-7;;/h1-6H;1H3;1H2. The Morgan fingerprint density at radius 3 is 2.62 bits per heavy atom. The van der Waals surface area contributed by atoms with Crippen LogP contribution >= 0.6 is 11.3 Å². The maximum absolute atomic E-state index is 4.17. The van der Waals surface area contributed by atoms with Crippen molar-refractivity contribution < 1.29 is 5.48 Å². The van der Waals surface area contributed by atoms with Crippen molar-refractivity contribution in [3.8, 4) is 10.6 Å². The van der Waals surface area contributed by atoms with E-state index in [1.54, 1.807) is 29.9 Å². The van der Waals surface area contributed by atoms with Crippen LogP contribution in [-0.2, 0) is 0 Å². The summed E-state index contributed by atoms with van der Waals surface area (Å²) in [6.45, 7) is 0. The molecular weight excluding hydrogens is 186 g/mol. The zero-order chi connectivity index (χ0) is 7.52. The zero-order valence-corrected chi connectivity index (χ0v) is 7.79. The van der Waals surface area contributed by atoms with E-state index in [9.17, 15) is 0 Å². The summed E-state index contributed by atoms with van der Waals surface area (Å²) in [6, 6.07) is 4.04. The highest BCUT2D eigenvalue weighted by atomic mass is 32.1. The van der Waals surface area contributed by atoms with E-state index < -0.39 is 0 Å². The molecule has 70 valence electrons. The molecular formula is C8H11N3OS. The molecule has 2 aromatic rings. The average molecular weight is 197 g/mol. The molecule has 0 bridgehead atoms. The fourth-order valence-electron chi connectivity index (χ4n) is 0.851. The van der Waals surface area contributed by atoms with E-state index in [4.69, 9.17) is 0 Å². The Morgan fingerprint density at radius 1 is 1.23 bits per heavy atom. The van der Waals surface area contributed by atoms with Gasteiger partial charge in [-0.1, -0.05) is 6.07 Å². The summed E-state index contributed by atoms with van der Waals surface area (Å²) < 4.78 is 0. The second kappa shape index (κ2) is 5.36. The molecule has 0 fully saturated rings. The first-order valence-corrected chi connectivity index (χ1v) is 4.15. The largest absolute Gasteiger partial charge is 0.412 e. The van der Waals surface area contributed by atoms with Crippen LogP contribution in [0.5, 0.6) is 0 Å². The molecule has 0 aliphatic rings. The highest BCUT2D eigenvalue weighted by Gasteiger charge is 1.96. The molecule has 0 aromatic carbocycles. The van der Waals surface area contributed by atoms with Gasteiger partial charge in [-0.15, -0.1) is 11.3 Å². The third-order valence-electron chi connectivity index (χ3n) is 1.34. The lowest BCUT2D eigenvalue weighted by atomic mass is 10.4. The average Bonchev–Trinajstić information content (AvgIpc) is 2.58. The molecule has 5 heteroatoms. The summed E-state index contributed by atoms with van der Waals surface area (Å²) in [5, 5.41) is 2.03. The Balaban J connectivity index is 0.000000720. The second-order valence-electron chi connectivity index (χ2n) is 2.07. The summed E-state index contributed by atoms with van der Waals surface area (Å²) in [7, 11) is 0. The fourth-order valence-corrected chi connectivity index (χ4v) is 1.54. The molecule has 2 rings (SSSR count). The maximum Gasteiger partial charge on any atom is 0.0984 e. The number of hydrogen-bond donors (Lipinski definition) is 1. The van der Waals surface area contributed by atoms with Gasteiger partial charge in [0.25, 0.3) is 0 Å². The molecule has 2 aromatic heterocycles. The zero-order valence-electron chi connectivity index (χ0n) is 6.97. The molecule has 0 amide bonds.